The van der Waals surface area contributed by atoms with E-state index in [1.54, 1.807) is 20.9 Å². The van der Waals surface area contributed by atoms with Crippen molar-refractivity contribution < 1.29 is 8.42 Å². The molecule has 0 amide bonds. The fourth-order valence-corrected chi connectivity index (χ4v) is 1.31. The molecule has 0 atom stereocenters. The van der Waals surface area contributed by atoms with Gasteiger partial charge in [0.25, 0.3) is 0 Å². The van der Waals surface area contributed by atoms with Gasteiger partial charge >= 0.3 is 0 Å². The fraction of sp³-hybridized carbons (Fsp3) is 0.571. The van der Waals surface area contributed by atoms with E-state index in [1.165, 1.54) is 12.3 Å². The van der Waals surface area contributed by atoms with Gasteiger partial charge in [-0.15, -0.1) is 0 Å². The number of rotatable bonds is 3. The van der Waals surface area contributed by atoms with Crippen molar-refractivity contribution in [2.75, 3.05) is 7.05 Å². The number of nitrogens with zero attached hydrogens (tertiary/aromatic N) is 1. The summed E-state index contributed by atoms with van der Waals surface area (Å²) in [5.41, 5.74) is 5.32. The molecule has 12 heavy (non-hydrogen) atoms. The van der Waals surface area contributed by atoms with Gasteiger partial charge in [0.15, 0.2) is 9.84 Å². The van der Waals surface area contributed by atoms with Gasteiger partial charge in [0.1, 0.15) is 5.03 Å². The van der Waals surface area contributed by atoms with Crippen LogP contribution in [-0.2, 0) is 9.84 Å². The van der Waals surface area contributed by atoms with Crippen LogP contribution in [0, 0.1) is 0 Å². The van der Waals surface area contributed by atoms with Crippen LogP contribution in [0.1, 0.15) is 13.8 Å². The maximum atomic E-state index is 11.3. The Morgan fingerprint density at radius 2 is 2.00 bits per heavy atom. The van der Waals surface area contributed by atoms with Crippen LogP contribution in [0.25, 0.3) is 0 Å². The van der Waals surface area contributed by atoms with Crippen molar-refractivity contribution in [3.05, 3.63) is 11.1 Å². The van der Waals surface area contributed by atoms with Crippen LogP contribution < -0.4 is 5.73 Å². The summed E-state index contributed by atoms with van der Waals surface area (Å²) in [6.07, 6.45) is 2.64. The third kappa shape index (κ3) is 2.65. The minimum Gasteiger partial charge on any atom is -0.389 e. The number of sulfone groups is 1. The minimum absolute atomic E-state index is 0.136. The Balaban J connectivity index is 4.82. The molecule has 0 aromatic carbocycles. The van der Waals surface area contributed by atoms with Gasteiger partial charge in [-0.05, 0) is 19.9 Å². The third-order valence-corrected chi connectivity index (χ3v) is 3.37. The highest BCUT2D eigenvalue weighted by molar-refractivity contribution is 7.95. The lowest BCUT2D eigenvalue weighted by Crippen LogP contribution is -2.21. The zero-order valence-corrected chi connectivity index (χ0v) is 8.30. The molecule has 4 nitrogen and oxygen atoms in total. The highest BCUT2D eigenvalue weighted by atomic mass is 32.2. The molecule has 0 bridgehead atoms. The Morgan fingerprint density at radius 1 is 1.50 bits per heavy atom. The molecule has 0 radical (unpaired) electrons. The molecule has 0 saturated carbocycles. The molecular formula is C7H14N2O2S. The van der Waals surface area contributed by atoms with Crippen LogP contribution in [0.4, 0.5) is 0 Å². The van der Waals surface area contributed by atoms with E-state index in [0.29, 0.717) is 0 Å². The van der Waals surface area contributed by atoms with Crippen LogP contribution in [-0.4, -0.2) is 26.9 Å². The lowest BCUT2D eigenvalue weighted by molar-refractivity contribution is 0.593. The monoisotopic (exact) mass is 190 g/mol. The second-order valence-corrected chi connectivity index (χ2v) is 5.07. The van der Waals surface area contributed by atoms with Crippen LogP contribution in [0.3, 0.4) is 0 Å². The van der Waals surface area contributed by atoms with Gasteiger partial charge in [0.2, 0.25) is 0 Å². The number of hydrogen-bond acceptors (Lipinski definition) is 4. The Labute approximate surface area is 73.1 Å². The summed E-state index contributed by atoms with van der Waals surface area (Å²) in [6, 6.07) is 0. The van der Waals surface area contributed by atoms with Crippen molar-refractivity contribution in [2.45, 2.75) is 19.1 Å². The van der Waals surface area contributed by atoms with Gasteiger partial charge in [0.05, 0.1) is 5.25 Å². The summed E-state index contributed by atoms with van der Waals surface area (Å²) in [5.74, 6) is 0. The molecule has 0 fully saturated rings. The molecular weight excluding hydrogens is 176 g/mol. The van der Waals surface area contributed by atoms with Gasteiger partial charge < -0.3 is 5.73 Å². The molecule has 0 aliphatic carbocycles. The second-order valence-electron chi connectivity index (χ2n) is 2.57. The summed E-state index contributed by atoms with van der Waals surface area (Å²) >= 11 is 0. The van der Waals surface area contributed by atoms with E-state index in [0.717, 1.165) is 0 Å². The van der Waals surface area contributed by atoms with E-state index in [2.05, 4.69) is 4.99 Å². The Kier molecular flexibility index (Phi) is 3.95. The van der Waals surface area contributed by atoms with Crippen molar-refractivity contribution >= 4 is 16.1 Å². The van der Waals surface area contributed by atoms with Crippen molar-refractivity contribution in [1.82, 2.24) is 0 Å². The third-order valence-electron chi connectivity index (χ3n) is 1.34. The Morgan fingerprint density at radius 3 is 2.33 bits per heavy atom. The van der Waals surface area contributed by atoms with Gasteiger partial charge in [-0.2, -0.15) is 0 Å². The van der Waals surface area contributed by atoms with E-state index >= 15 is 0 Å². The second kappa shape index (κ2) is 4.25. The van der Waals surface area contributed by atoms with Crippen molar-refractivity contribution in [1.29, 1.82) is 0 Å². The van der Waals surface area contributed by atoms with Crippen LogP contribution in [0.15, 0.2) is 16.1 Å². The van der Waals surface area contributed by atoms with Crippen molar-refractivity contribution in [2.24, 2.45) is 10.7 Å². The molecule has 70 valence electrons. The summed E-state index contributed by atoms with van der Waals surface area (Å²) in [5, 5.41) is -0.623. The summed E-state index contributed by atoms with van der Waals surface area (Å²) in [4.78, 5) is 3.60. The zero-order valence-electron chi connectivity index (χ0n) is 7.48. The average molecular weight is 190 g/mol. The first-order chi connectivity index (χ1) is 5.42. The molecule has 0 aromatic rings. The first-order valence-electron chi connectivity index (χ1n) is 3.54. The van der Waals surface area contributed by atoms with Gasteiger partial charge in [-0.3, -0.25) is 4.99 Å². The number of allylic oxidation sites excluding steroid dienone is 1. The Bertz CT molecular complexity index is 289. The van der Waals surface area contributed by atoms with E-state index in [-0.39, 0.29) is 5.03 Å². The smallest absolute Gasteiger partial charge is 0.195 e. The molecule has 0 saturated heterocycles. The topological polar surface area (TPSA) is 72.5 Å². The standard InChI is InChI=1S/C7H14N2O2S/c1-6(2)12(10,11)7(8)4-5-9-3/h4-6H,8H2,1-3H3. The molecule has 2 N–H and O–H groups in total. The average Bonchev–Trinajstić information content (AvgIpc) is 1.99. The maximum absolute atomic E-state index is 11.3. The van der Waals surface area contributed by atoms with Crippen molar-refractivity contribution in [3.8, 4) is 0 Å². The highest BCUT2D eigenvalue weighted by Gasteiger charge is 2.18. The predicted octanol–water partition coefficient (Wildman–Crippen LogP) is 0.310. The molecule has 5 heteroatoms. The first kappa shape index (κ1) is 11.2. The zero-order chi connectivity index (χ0) is 9.78. The van der Waals surface area contributed by atoms with Gasteiger partial charge in [0, 0.05) is 13.3 Å². The lowest BCUT2D eigenvalue weighted by Gasteiger charge is -2.05. The molecule has 0 rings (SSSR count). The quantitative estimate of drug-likeness (QED) is 0.651. The van der Waals surface area contributed by atoms with Gasteiger partial charge in [-0.25, -0.2) is 8.42 Å². The molecule has 0 aliphatic heterocycles. The SMILES string of the molecule is CN=CC=C(N)S(=O)(=O)C(C)C. The molecule has 0 aromatic heterocycles. The highest BCUT2D eigenvalue weighted by Crippen LogP contribution is 2.06. The number of hydrogen-bond donors (Lipinski definition) is 1. The molecule has 0 heterocycles. The van der Waals surface area contributed by atoms with E-state index in [9.17, 15) is 8.42 Å². The predicted molar refractivity (Wildman–Crippen MR) is 50.7 cm³/mol. The molecule has 0 spiro atoms. The summed E-state index contributed by atoms with van der Waals surface area (Å²) in [6.45, 7) is 3.16. The minimum atomic E-state index is -3.30. The van der Waals surface area contributed by atoms with E-state index < -0.39 is 15.1 Å². The first-order valence-corrected chi connectivity index (χ1v) is 5.09. The van der Waals surface area contributed by atoms with Crippen LogP contribution >= 0.6 is 0 Å². The Hall–Kier alpha value is -0.840. The lowest BCUT2D eigenvalue weighted by atomic mass is 10.6. The van der Waals surface area contributed by atoms with Crippen LogP contribution in [0.2, 0.25) is 0 Å². The molecule has 0 aliphatic rings. The number of aliphatic imine (C=N–C) groups is 1. The van der Waals surface area contributed by atoms with E-state index in [4.69, 9.17) is 5.73 Å². The van der Waals surface area contributed by atoms with Gasteiger partial charge in [-0.1, -0.05) is 0 Å². The normalized spacial score (nSPS) is 14.5. The maximum Gasteiger partial charge on any atom is 0.195 e. The summed E-state index contributed by atoms with van der Waals surface area (Å²) < 4.78 is 22.6. The fourth-order valence-electron chi connectivity index (χ4n) is 0.515. The van der Waals surface area contributed by atoms with Crippen LogP contribution in [0.5, 0.6) is 0 Å². The molecule has 0 unspecified atom stereocenters. The number of nitrogens with two attached hydrogens (primary N) is 1. The largest absolute Gasteiger partial charge is 0.389 e. The summed E-state index contributed by atoms with van der Waals surface area (Å²) in [7, 11) is -1.75. The van der Waals surface area contributed by atoms with E-state index in [1.807, 2.05) is 0 Å². The van der Waals surface area contributed by atoms with Crippen molar-refractivity contribution in [3.63, 3.8) is 0 Å².